The number of aromatic amines is 1. The van der Waals surface area contributed by atoms with Crippen molar-refractivity contribution < 1.29 is 13.9 Å². The molecule has 0 aliphatic carbocycles. The van der Waals surface area contributed by atoms with Crippen LogP contribution in [0, 0.1) is 0 Å². The summed E-state index contributed by atoms with van der Waals surface area (Å²) >= 11 is 0. The summed E-state index contributed by atoms with van der Waals surface area (Å²) in [6, 6.07) is 7.25. The number of amides is 1. The molecular weight excluding hydrogens is 332 g/mol. The van der Waals surface area contributed by atoms with E-state index in [2.05, 4.69) is 15.2 Å². The Hall–Kier alpha value is -3.09. The number of hydrogen-bond donors (Lipinski definition) is 1. The van der Waals surface area contributed by atoms with Gasteiger partial charge in [0.1, 0.15) is 0 Å². The number of nitrogens with one attached hydrogen (secondary N) is 1. The highest BCUT2D eigenvalue weighted by Gasteiger charge is 2.29. The standard InChI is InChI=1S/C19H20N4O3/c1-25-17-5-4-16(26-17)19(24)23-10-2-3-14(12-23)18-15(11-21-22-18)13-6-8-20-9-7-13/h4-9,11,14H,2-3,10,12H2,1H3,(H,21,22). The highest BCUT2D eigenvalue weighted by Crippen LogP contribution is 2.33. The van der Waals surface area contributed by atoms with Crippen LogP contribution in [-0.2, 0) is 0 Å². The fourth-order valence-corrected chi connectivity index (χ4v) is 3.47. The largest absolute Gasteiger partial charge is 0.468 e. The average molecular weight is 352 g/mol. The minimum absolute atomic E-state index is 0.108. The van der Waals surface area contributed by atoms with Gasteiger partial charge in [-0.05, 0) is 36.6 Å². The molecule has 1 amide bonds. The highest BCUT2D eigenvalue weighted by molar-refractivity contribution is 5.91. The van der Waals surface area contributed by atoms with Crippen LogP contribution in [0.1, 0.15) is 35.0 Å². The highest BCUT2D eigenvalue weighted by atomic mass is 16.6. The monoisotopic (exact) mass is 352 g/mol. The number of ether oxygens (including phenoxy) is 1. The zero-order valence-electron chi connectivity index (χ0n) is 14.5. The summed E-state index contributed by atoms with van der Waals surface area (Å²) in [5.74, 6) is 0.745. The van der Waals surface area contributed by atoms with E-state index in [0.29, 0.717) is 18.3 Å². The Bertz CT molecular complexity index is 887. The van der Waals surface area contributed by atoms with Gasteiger partial charge in [-0.15, -0.1) is 0 Å². The van der Waals surface area contributed by atoms with Crippen LogP contribution in [0.4, 0.5) is 0 Å². The molecule has 3 aromatic rings. The first-order valence-electron chi connectivity index (χ1n) is 8.63. The maximum absolute atomic E-state index is 12.7. The Kier molecular flexibility index (Phi) is 4.43. The zero-order valence-corrected chi connectivity index (χ0v) is 14.5. The number of carbonyl (C=O) groups excluding carboxylic acids is 1. The number of nitrogens with zero attached hydrogens (tertiary/aromatic N) is 3. The summed E-state index contributed by atoms with van der Waals surface area (Å²) in [7, 11) is 1.52. The number of rotatable bonds is 4. The van der Waals surface area contributed by atoms with E-state index in [1.807, 2.05) is 23.2 Å². The lowest BCUT2D eigenvalue weighted by atomic mass is 9.90. The van der Waals surface area contributed by atoms with Gasteiger partial charge >= 0.3 is 0 Å². The molecule has 7 nitrogen and oxygen atoms in total. The van der Waals surface area contributed by atoms with Gasteiger partial charge in [-0.25, -0.2) is 0 Å². The summed E-state index contributed by atoms with van der Waals surface area (Å²) in [6.45, 7) is 1.35. The van der Waals surface area contributed by atoms with Crippen LogP contribution in [0.25, 0.3) is 11.1 Å². The normalized spacial score (nSPS) is 17.3. The molecule has 1 N–H and O–H groups in total. The Morgan fingerprint density at radius 2 is 2.15 bits per heavy atom. The molecule has 4 heterocycles. The molecule has 1 aliphatic heterocycles. The Morgan fingerprint density at radius 1 is 1.31 bits per heavy atom. The van der Waals surface area contributed by atoms with E-state index in [0.717, 1.165) is 36.2 Å². The van der Waals surface area contributed by atoms with Crippen molar-refractivity contribution in [1.29, 1.82) is 0 Å². The Balaban J connectivity index is 1.54. The quantitative estimate of drug-likeness (QED) is 0.780. The van der Waals surface area contributed by atoms with Crippen molar-refractivity contribution in [2.24, 2.45) is 0 Å². The first kappa shape index (κ1) is 16.4. The molecule has 1 atom stereocenters. The molecule has 0 aromatic carbocycles. The number of piperidine rings is 1. The number of methoxy groups -OCH3 is 1. The van der Waals surface area contributed by atoms with Crippen LogP contribution in [-0.4, -0.2) is 46.2 Å². The number of furan rings is 1. The molecular formula is C19H20N4O3. The van der Waals surface area contributed by atoms with E-state index in [9.17, 15) is 4.79 Å². The Morgan fingerprint density at radius 3 is 2.92 bits per heavy atom. The zero-order chi connectivity index (χ0) is 17.9. The summed E-state index contributed by atoms with van der Waals surface area (Å²) < 4.78 is 10.4. The van der Waals surface area contributed by atoms with Crippen LogP contribution >= 0.6 is 0 Å². The van der Waals surface area contributed by atoms with E-state index in [4.69, 9.17) is 9.15 Å². The van der Waals surface area contributed by atoms with Gasteiger partial charge in [0.2, 0.25) is 0 Å². The van der Waals surface area contributed by atoms with Crippen molar-refractivity contribution in [1.82, 2.24) is 20.1 Å². The number of likely N-dealkylation sites (tertiary alicyclic amines) is 1. The van der Waals surface area contributed by atoms with Gasteiger partial charge in [0.25, 0.3) is 11.9 Å². The van der Waals surface area contributed by atoms with Gasteiger partial charge in [0, 0.05) is 48.7 Å². The van der Waals surface area contributed by atoms with Crippen LogP contribution in [0.15, 0.2) is 47.3 Å². The smallest absolute Gasteiger partial charge is 0.289 e. The third-order valence-corrected chi connectivity index (χ3v) is 4.77. The molecule has 1 aliphatic rings. The van der Waals surface area contributed by atoms with Crippen LogP contribution in [0.2, 0.25) is 0 Å². The number of aromatic nitrogens is 3. The van der Waals surface area contributed by atoms with Crippen molar-refractivity contribution in [3.63, 3.8) is 0 Å². The van der Waals surface area contributed by atoms with Crippen LogP contribution in [0.3, 0.4) is 0 Å². The van der Waals surface area contributed by atoms with Crippen LogP contribution < -0.4 is 4.74 Å². The first-order chi connectivity index (χ1) is 12.8. The summed E-state index contributed by atoms with van der Waals surface area (Å²) in [4.78, 5) is 18.6. The number of hydrogen-bond acceptors (Lipinski definition) is 5. The van der Waals surface area contributed by atoms with Crippen molar-refractivity contribution in [3.05, 3.63) is 54.3 Å². The van der Waals surface area contributed by atoms with Crippen molar-refractivity contribution in [2.75, 3.05) is 20.2 Å². The van der Waals surface area contributed by atoms with E-state index in [1.165, 1.54) is 7.11 Å². The van der Waals surface area contributed by atoms with E-state index in [-0.39, 0.29) is 11.8 Å². The maximum atomic E-state index is 12.7. The predicted molar refractivity (Wildman–Crippen MR) is 95.0 cm³/mol. The maximum Gasteiger partial charge on any atom is 0.289 e. The minimum Gasteiger partial charge on any atom is -0.468 e. The summed E-state index contributed by atoms with van der Waals surface area (Å²) in [6.07, 6.45) is 7.32. The molecule has 0 bridgehead atoms. The Labute approximate surface area is 151 Å². The van der Waals surface area contributed by atoms with E-state index < -0.39 is 0 Å². The summed E-state index contributed by atoms with van der Waals surface area (Å²) in [5, 5.41) is 7.37. The lowest BCUT2D eigenvalue weighted by molar-refractivity contribution is 0.0667. The second kappa shape index (κ2) is 7.03. The molecule has 3 aromatic heterocycles. The van der Waals surface area contributed by atoms with Gasteiger partial charge in [-0.1, -0.05) is 0 Å². The van der Waals surface area contributed by atoms with Crippen molar-refractivity contribution in [2.45, 2.75) is 18.8 Å². The van der Waals surface area contributed by atoms with Gasteiger partial charge in [-0.3, -0.25) is 14.9 Å². The van der Waals surface area contributed by atoms with Gasteiger partial charge in [0.05, 0.1) is 13.3 Å². The fraction of sp³-hybridized carbons (Fsp3) is 0.316. The van der Waals surface area contributed by atoms with Gasteiger partial charge < -0.3 is 14.1 Å². The van der Waals surface area contributed by atoms with E-state index >= 15 is 0 Å². The average Bonchev–Trinajstić information content (AvgIpc) is 3.38. The number of H-pyrrole nitrogens is 1. The second-order valence-corrected chi connectivity index (χ2v) is 6.35. The number of carbonyl (C=O) groups is 1. The molecule has 134 valence electrons. The molecule has 1 unspecified atom stereocenters. The molecule has 26 heavy (non-hydrogen) atoms. The van der Waals surface area contributed by atoms with E-state index in [1.54, 1.807) is 24.5 Å². The van der Waals surface area contributed by atoms with Crippen molar-refractivity contribution in [3.8, 4) is 17.1 Å². The lowest BCUT2D eigenvalue weighted by Crippen LogP contribution is -2.39. The lowest BCUT2D eigenvalue weighted by Gasteiger charge is -2.32. The third kappa shape index (κ3) is 3.08. The third-order valence-electron chi connectivity index (χ3n) is 4.77. The second-order valence-electron chi connectivity index (χ2n) is 6.35. The topological polar surface area (TPSA) is 84.2 Å². The minimum atomic E-state index is -0.108. The van der Waals surface area contributed by atoms with Crippen LogP contribution in [0.5, 0.6) is 5.95 Å². The van der Waals surface area contributed by atoms with Gasteiger partial charge in [-0.2, -0.15) is 5.10 Å². The SMILES string of the molecule is COc1ccc(C(=O)N2CCCC(c3[nH]ncc3-c3ccncc3)C2)o1. The fourth-order valence-electron chi connectivity index (χ4n) is 3.47. The molecule has 4 rings (SSSR count). The van der Waals surface area contributed by atoms with Crippen molar-refractivity contribution >= 4 is 5.91 Å². The molecule has 7 heteroatoms. The van der Waals surface area contributed by atoms with Gasteiger partial charge in [0.15, 0.2) is 5.76 Å². The first-order valence-corrected chi connectivity index (χ1v) is 8.63. The predicted octanol–water partition coefficient (Wildman–Crippen LogP) is 3.09. The molecule has 0 spiro atoms. The molecule has 0 saturated carbocycles. The molecule has 1 fully saturated rings. The molecule has 0 radical (unpaired) electrons. The molecule has 1 saturated heterocycles. The number of pyridine rings is 1. The summed E-state index contributed by atoms with van der Waals surface area (Å²) in [5.41, 5.74) is 3.19.